The van der Waals surface area contributed by atoms with Crippen LogP contribution in [0.1, 0.15) is 24.5 Å². The Morgan fingerprint density at radius 2 is 2.12 bits per heavy atom. The summed E-state index contributed by atoms with van der Waals surface area (Å²) in [5.74, 6) is 6.27. The fourth-order valence-electron chi connectivity index (χ4n) is 2.05. The number of nitrogens with two attached hydrogens (primary N) is 1. The van der Waals surface area contributed by atoms with E-state index in [4.69, 9.17) is 17.4 Å². The van der Waals surface area contributed by atoms with Gasteiger partial charge in [-0.1, -0.05) is 24.9 Å². The largest absolute Gasteiger partial charge is 0.308 e. The number of nitrogens with one attached hydrogen (secondary N) is 1. The predicted molar refractivity (Wildman–Crippen MR) is 73.3 cm³/mol. The number of hydrazine groups is 1. The molecule has 4 heteroatoms. The molecule has 0 aliphatic rings. The van der Waals surface area contributed by atoms with Crippen LogP contribution in [0.15, 0.2) is 18.2 Å². The van der Waals surface area contributed by atoms with Crippen molar-refractivity contribution in [2.75, 3.05) is 5.43 Å². The smallest absolute Gasteiger partial charge is 0.143 e. The Morgan fingerprint density at radius 1 is 1.35 bits per heavy atom. The summed E-state index contributed by atoms with van der Waals surface area (Å²) in [6.07, 6.45) is 2.01. The van der Waals surface area contributed by atoms with Gasteiger partial charge < -0.3 is 5.43 Å². The summed E-state index contributed by atoms with van der Waals surface area (Å²) < 4.78 is 0. The third-order valence-corrected chi connectivity index (χ3v) is 3.03. The van der Waals surface area contributed by atoms with Crippen LogP contribution in [0.3, 0.4) is 0 Å². The molecule has 90 valence electrons. The number of anilines is 1. The van der Waals surface area contributed by atoms with Crippen molar-refractivity contribution in [3.63, 3.8) is 0 Å². The Labute approximate surface area is 106 Å². The second-order valence-electron chi connectivity index (χ2n) is 4.18. The van der Waals surface area contributed by atoms with E-state index in [1.54, 1.807) is 0 Å². The number of aryl methyl sites for hydroxylation is 2. The number of benzene rings is 1. The predicted octanol–water partition coefficient (Wildman–Crippen LogP) is 3.43. The van der Waals surface area contributed by atoms with Crippen LogP contribution in [0.2, 0.25) is 5.02 Å². The van der Waals surface area contributed by atoms with Crippen molar-refractivity contribution in [3.8, 4) is 0 Å². The molecular weight excluding hydrogens is 234 g/mol. The Kier molecular flexibility index (Phi) is 3.50. The highest BCUT2D eigenvalue weighted by atomic mass is 35.5. The molecule has 0 amide bonds. The maximum Gasteiger partial charge on any atom is 0.143 e. The fourth-order valence-corrected chi connectivity index (χ4v) is 2.33. The molecule has 0 radical (unpaired) electrons. The lowest BCUT2D eigenvalue weighted by atomic mass is 10.1. The lowest BCUT2D eigenvalue weighted by Gasteiger charge is -2.11. The van der Waals surface area contributed by atoms with E-state index < -0.39 is 0 Å². The molecule has 3 N–H and O–H groups in total. The number of aromatic nitrogens is 1. The standard InChI is InChI=1S/C13H16ClN3/c1-3-4-9-6-10-7-11(14)5-8(2)12(10)16-13(9)17-15/h5-7H,3-4,15H2,1-2H3,(H,16,17). The van der Waals surface area contributed by atoms with Crippen molar-refractivity contribution in [2.24, 2.45) is 5.84 Å². The van der Waals surface area contributed by atoms with E-state index in [9.17, 15) is 0 Å². The maximum atomic E-state index is 6.06. The van der Waals surface area contributed by atoms with Crippen molar-refractivity contribution in [1.82, 2.24) is 4.98 Å². The number of nitrogen functional groups attached to an aromatic ring is 1. The van der Waals surface area contributed by atoms with Gasteiger partial charge in [0.05, 0.1) is 5.52 Å². The third-order valence-electron chi connectivity index (χ3n) is 2.81. The molecule has 3 nitrogen and oxygen atoms in total. The SMILES string of the molecule is CCCc1cc2cc(Cl)cc(C)c2nc1NN. The van der Waals surface area contributed by atoms with Gasteiger partial charge in [-0.3, -0.25) is 0 Å². The molecule has 0 fully saturated rings. The van der Waals surface area contributed by atoms with Crippen LogP contribution in [0.4, 0.5) is 5.82 Å². The number of hydrogen-bond acceptors (Lipinski definition) is 3. The molecular formula is C13H16ClN3. The van der Waals surface area contributed by atoms with Crippen LogP contribution < -0.4 is 11.3 Å². The number of halogens is 1. The van der Waals surface area contributed by atoms with E-state index in [-0.39, 0.29) is 0 Å². The van der Waals surface area contributed by atoms with Crippen LogP contribution >= 0.6 is 11.6 Å². The number of rotatable bonds is 3. The first-order chi connectivity index (χ1) is 8.15. The van der Waals surface area contributed by atoms with E-state index in [0.717, 1.165) is 45.7 Å². The Morgan fingerprint density at radius 3 is 2.76 bits per heavy atom. The molecule has 1 aromatic carbocycles. The lowest BCUT2D eigenvalue weighted by molar-refractivity contribution is 0.917. The van der Waals surface area contributed by atoms with Crippen LogP contribution in [0.5, 0.6) is 0 Å². The van der Waals surface area contributed by atoms with Crippen LogP contribution in [-0.4, -0.2) is 4.98 Å². The van der Waals surface area contributed by atoms with E-state index in [0.29, 0.717) is 0 Å². The lowest BCUT2D eigenvalue weighted by Crippen LogP contribution is -2.11. The van der Waals surface area contributed by atoms with Crippen molar-refractivity contribution in [1.29, 1.82) is 0 Å². The van der Waals surface area contributed by atoms with Gasteiger partial charge in [-0.25, -0.2) is 10.8 Å². The molecule has 0 aliphatic carbocycles. The monoisotopic (exact) mass is 249 g/mol. The Hall–Kier alpha value is -1.32. The molecule has 1 aromatic heterocycles. The van der Waals surface area contributed by atoms with Gasteiger partial charge in [0.2, 0.25) is 0 Å². The molecule has 0 unspecified atom stereocenters. The van der Waals surface area contributed by atoms with Crippen LogP contribution in [0.25, 0.3) is 10.9 Å². The van der Waals surface area contributed by atoms with Gasteiger partial charge >= 0.3 is 0 Å². The van der Waals surface area contributed by atoms with Gasteiger partial charge in [-0.05, 0) is 42.7 Å². The highest BCUT2D eigenvalue weighted by Gasteiger charge is 2.08. The van der Waals surface area contributed by atoms with Gasteiger partial charge in [0.15, 0.2) is 0 Å². The van der Waals surface area contributed by atoms with Crippen molar-refractivity contribution in [3.05, 3.63) is 34.3 Å². The van der Waals surface area contributed by atoms with E-state index in [1.165, 1.54) is 0 Å². The van der Waals surface area contributed by atoms with Gasteiger partial charge in [0.1, 0.15) is 5.82 Å². The molecule has 0 aliphatic heterocycles. The molecule has 2 aromatic rings. The minimum absolute atomic E-state index is 0.743. The molecule has 17 heavy (non-hydrogen) atoms. The summed E-state index contributed by atoms with van der Waals surface area (Å²) >= 11 is 6.06. The molecule has 0 saturated heterocycles. The summed E-state index contributed by atoms with van der Waals surface area (Å²) in [6, 6.07) is 5.97. The van der Waals surface area contributed by atoms with E-state index in [2.05, 4.69) is 23.4 Å². The zero-order valence-electron chi connectivity index (χ0n) is 10.0. The average molecular weight is 250 g/mol. The molecule has 0 atom stereocenters. The van der Waals surface area contributed by atoms with Crippen molar-refractivity contribution < 1.29 is 0 Å². The second-order valence-corrected chi connectivity index (χ2v) is 4.62. The second kappa shape index (κ2) is 4.90. The van der Waals surface area contributed by atoms with Gasteiger partial charge in [0, 0.05) is 10.4 Å². The summed E-state index contributed by atoms with van der Waals surface area (Å²) in [4.78, 5) is 4.56. The Bertz CT molecular complexity index is 552. The first-order valence-corrected chi connectivity index (χ1v) is 6.10. The van der Waals surface area contributed by atoms with E-state index in [1.807, 2.05) is 19.1 Å². The minimum Gasteiger partial charge on any atom is -0.308 e. The van der Waals surface area contributed by atoms with Crippen molar-refractivity contribution >= 4 is 28.3 Å². The van der Waals surface area contributed by atoms with Gasteiger partial charge in [-0.15, -0.1) is 0 Å². The average Bonchev–Trinajstić information content (AvgIpc) is 2.28. The molecule has 0 spiro atoms. The maximum absolute atomic E-state index is 6.06. The first-order valence-electron chi connectivity index (χ1n) is 5.72. The molecule has 0 saturated carbocycles. The quantitative estimate of drug-likeness (QED) is 0.647. The highest BCUT2D eigenvalue weighted by Crippen LogP contribution is 2.26. The summed E-state index contributed by atoms with van der Waals surface area (Å²) in [5, 5.41) is 1.81. The van der Waals surface area contributed by atoms with Crippen LogP contribution in [0, 0.1) is 6.92 Å². The van der Waals surface area contributed by atoms with Crippen LogP contribution in [-0.2, 0) is 6.42 Å². The topological polar surface area (TPSA) is 50.9 Å². The van der Waals surface area contributed by atoms with Gasteiger partial charge in [0.25, 0.3) is 0 Å². The molecule has 1 heterocycles. The number of pyridine rings is 1. The Balaban J connectivity index is 2.69. The number of fused-ring (bicyclic) bond motifs is 1. The summed E-state index contributed by atoms with van der Waals surface area (Å²) in [7, 11) is 0. The first kappa shape index (κ1) is 12.1. The highest BCUT2D eigenvalue weighted by molar-refractivity contribution is 6.31. The number of nitrogens with zero attached hydrogens (tertiary/aromatic N) is 1. The van der Waals surface area contributed by atoms with Crippen molar-refractivity contribution in [2.45, 2.75) is 26.7 Å². The molecule has 2 rings (SSSR count). The van der Waals surface area contributed by atoms with Gasteiger partial charge in [-0.2, -0.15) is 0 Å². The molecule has 0 bridgehead atoms. The zero-order valence-corrected chi connectivity index (χ0v) is 10.8. The third kappa shape index (κ3) is 2.35. The normalized spacial score (nSPS) is 10.8. The summed E-state index contributed by atoms with van der Waals surface area (Å²) in [6.45, 7) is 4.13. The fraction of sp³-hybridized carbons (Fsp3) is 0.308. The number of hydrogen-bond donors (Lipinski definition) is 2. The van der Waals surface area contributed by atoms with E-state index >= 15 is 0 Å². The zero-order chi connectivity index (χ0) is 12.4. The minimum atomic E-state index is 0.743. The summed E-state index contributed by atoms with van der Waals surface area (Å²) in [5.41, 5.74) is 5.81.